The number of benzene rings is 2. The molecular formula is C12H9Cl2FN2O2S. The van der Waals surface area contributed by atoms with Gasteiger partial charge < -0.3 is 5.73 Å². The van der Waals surface area contributed by atoms with Crippen LogP contribution in [0.15, 0.2) is 41.3 Å². The fourth-order valence-electron chi connectivity index (χ4n) is 1.50. The van der Waals surface area contributed by atoms with E-state index in [0.29, 0.717) is 0 Å². The van der Waals surface area contributed by atoms with Gasteiger partial charge in [0.1, 0.15) is 5.82 Å². The van der Waals surface area contributed by atoms with E-state index in [9.17, 15) is 12.8 Å². The molecule has 0 spiro atoms. The van der Waals surface area contributed by atoms with Crippen LogP contribution in [0.1, 0.15) is 0 Å². The fraction of sp³-hybridized carbons (Fsp3) is 0. The van der Waals surface area contributed by atoms with Crippen molar-refractivity contribution in [2.75, 3.05) is 10.5 Å². The van der Waals surface area contributed by atoms with E-state index in [0.717, 1.165) is 6.07 Å². The van der Waals surface area contributed by atoms with E-state index in [4.69, 9.17) is 28.9 Å². The van der Waals surface area contributed by atoms with E-state index >= 15 is 0 Å². The highest BCUT2D eigenvalue weighted by atomic mass is 35.5. The van der Waals surface area contributed by atoms with E-state index in [1.54, 1.807) is 0 Å². The van der Waals surface area contributed by atoms with Crippen molar-refractivity contribution in [1.29, 1.82) is 0 Å². The molecule has 3 N–H and O–H groups in total. The number of nitrogens with two attached hydrogens (primary N) is 1. The van der Waals surface area contributed by atoms with Crippen LogP contribution in [0, 0.1) is 5.82 Å². The zero-order chi connectivity index (χ0) is 14.9. The molecule has 2 aromatic rings. The van der Waals surface area contributed by atoms with Crippen LogP contribution in [0.25, 0.3) is 0 Å². The average molecular weight is 335 g/mol. The smallest absolute Gasteiger partial charge is 0.262 e. The lowest BCUT2D eigenvalue weighted by atomic mass is 10.3. The van der Waals surface area contributed by atoms with Crippen molar-refractivity contribution in [1.82, 2.24) is 0 Å². The van der Waals surface area contributed by atoms with Crippen LogP contribution in [0.2, 0.25) is 10.0 Å². The Morgan fingerprint density at radius 2 is 1.65 bits per heavy atom. The molecule has 106 valence electrons. The number of halogens is 3. The minimum Gasteiger partial charge on any atom is -0.399 e. The second kappa shape index (κ2) is 5.47. The van der Waals surface area contributed by atoms with Crippen molar-refractivity contribution >= 4 is 44.6 Å². The summed E-state index contributed by atoms with van der Waals surface area (Å²) in [6, 6.07) is 7.45. The Balaban J connectivity index is 2.40. The summed E-state index contributed by atoms with van der Waals surface area (Å²) < 4.78 is 39.9. The Labute approximate surface area is 125 Å². The molecule has 20 heavy (non-hydrogen) atoms. The molecule has 4 nitrogen and oxygen atoms in total. The summed E-state index contributed by atoms with van der Waals surface area (Å²) in [6.07, 6.45) is 0. The van der Waals surface area contributed by atoms with Crippen molar-refractivity contribution in [3.05, 3.63) is 52.3 Å². The summed E-state index contributed by atoms with van der Waals surface area (Å²) in [5, 5.41) is 0.325. The summed E-state index contributed by atoms with van der Waals surface area (Å²) in [4.78, 5) is -0.161. The van der Waals surface area contributed by atoms with Crippen LogP contribution >= 0.6 is 23.2 Å². The van der Waals surface area contributed by atoms with Crippen molar-refractivity contribution < 1.29 is 12.8 Å². The first-order chi connectivity index (χ1) is 9.28. The van der Waals surface area contributed by atoms with Gasteiger partial charge in [0, 0.05) is 15.7 Å². The molecule has 0 saturated heterocycles. The molecular weight excluding hydrogens is 326 g/mol. The van der Waals surface area contributed by atoms with Crippen LogP contribution in [-0.4, -0.2) is 8.42 Å². The van der Waals surface area contributed by atoms with E-state index in [2.05, 4.69) is 4.72 Å². The number of nitrogens with one attached hydrogen (secondary N) is 1. The number of nitrogen functional groups attached to an aromatic ring is 1. The van der Waals surface area contributed by atoms with Crippen LogP contribution in [-0.2, 0) is 10.0 Å². The van der Waals surface area contributed by atoms with Gasteiger partial charge in [-0.15, -0.1) is 0 Å². The van der Waals surface area contributed by atoms with Crippen molar-refractivity contribution in [2.45, 2.75) is 4.90 Å². The molecule has 0 aromatic heterocycles. The standard InChI is InChI=1S/C12H9Cl2FN2O2S/c13-7-3-8(14)5-10(4-7)20(18,19)17-12-2-1-9(16)6-11(12)15/h1-6,17H,16H2. The predicted molar refractivity (Wildman–Crippen MR) is 78.1 cm³/mol. The Morgan fingerprint density at radius 3 is 2.20 bits per heavy atom. The van der Waals surface area contributed by atoms with E-state index < -0.39 is 15.8 Å². The average Bonchev–Trinajstić information content (AvgIpc) is 2.31. The van der Waals surface area contributed by atoms with Gasteiger partial charge in [-0.3, -0.25) is 4.72 Å². The van der Waals surface area contributed by atoms with Gasteiger partial charge in [0.05, 0.1) is 10.6 Å². The van der Waals surface area contributed by atoms with Crippen molar-refractivity contribution in [2.24, 2.45) is 0 Å². The normalized spacial score (nSPS) is 11.3. The largest absolute Gasteiger partial charge is 0.399 e. The molecule has 0 aliphatic heterocycles. The SMILES string of the molecule is Nc1ccc(NS(=O)(=O)c2cc(Cl)cc(Cl)c2)c(F)c1. The lowest BCUT2D eigenvalue weighted by Gasteiger charge is -2.10. The Kier molecular flexibility index (Phi) is 4.08. The first-order valence-corrected chi connectivity index (χ1v) is 7.56. The second-order valence-electron chi connectivity index (χ2n) is 3.95. The van der Waals surface area contributed by atoms with Crippen molar-refractivity contribution in [3.63, 3.8) is 0 Å². The molecule has 0 atom stereocenters. The zero-order valence-corrected chi connectivity index (χ0v) is 12.2. The van der Waals surface area contributed by atoms with Gasteiger partial charge in [-0.25, -0.2) is 12.8 Å². The minimum atomic E-state index is -3.99. The van der Waals surface area contributed by atoms with Gasteiger partial charge in [0.2, 0.25) is 0 Å². The summed E-state index contributed by atoms with van der Waals surface area (Å²) >= 11 is 11.5. The molecule has 0 fully saturated rings. The van der Waals surface area contributed by atoms with E-state index in [1.165, 1.54) is 30.3 Å². The number of hydrogen-bond acceptors (Lipinski definition) is 3. The predicted octanol–water partition coefficient (Wildman–Crippen LogP) is 3.52. The molecule has 0 unspecified atom stereocenters. The summed E-state index contributed by atoms with van der Waals surface area (Å²) in [7, 11) is -3.99. The first kappa shape index (κ1) is 14.9. The van der Waals surface area contributed by atoms with Crippen LogP contribution in [0.5, 0.6) is 0 Å². The lowest BCUT2D eigenvalue weighted by molar-refractivity contribution is 0.598. The number of hydrogen-bond donors (Lipinski definition) is 2. The highest BCUT2D eigenvalue weighted by Crippen LogP contribution is 2.25. The molecule has 8 heteroatoms. The molecule has 2 aromatic carbocycles. The fourth-order valence-corrected chi connectivity index (χ4v) is 3.29. The highest BCUT2D eigenvalue weighted by molar-refractivity contribution is 7.92. The topological polar surface area (TPSA) is 72.2 Å². The maximum atomic E-state index is 13.6. The number of rotatable bonds is 3. The second-order valence-corrected chi connectivity index (χ2v) is 6.51. The van der Waals surface area contributed by atoms with Gasteiger partial charge in [-0.1, -0.05) is 23.2 Å². The number of sulfonamides is 1. The minimum absolute atomic E-state index is 0.161. The van der Waals surface area contributed by atoms with Gasteiger partial charge >= 0.3 is 0 Å². The molecule has 0 saturated carbocycles. The molecule has 0 heterocycles. The molecule has 2 rings (SSSR count). The summed E-state index contributed by atoms with van der Waals surface area (Å²) in [5.74, 6) is -0.776. The first-order valence-electron chi connectivity index (χ1n) is 5.32. The molecule has 0 amide bonds. The third kappa shape index (κ3) is 3.33. The summed E-state index contributed by atoms with van der Waals surface area (Å²) in [6.45, 7) is 0. The Hall–Kier alpha value is -1.50. The summed E-state index contributed by atoms with van der Waals surface area (Å²) in [5.41, 5.74) is 5.37. The van der Waals surface area contributed by atoms with Gasteiger partial charge in [-0.2, -0.15) is 0 Å². The zero-order valence-electron chi connectivity index (χ0n) is 9.90. The molecule has 0 bridgehead atoms. The maximum absolute atomic E-state index is 13.6. The van der Waals surface area contributed by atoms with Crippen molar-refractivity contribution in [3.8, 4) is 0 Å². The quantitative estimate of drug-likeness (QED) is 0.843. The maximum Gasteiger partial charge on any atom is 0.262 e. The lowest BCUT2D eigenvalue weighted by Crippen LogP contribution is -2.14. The van der Waals surface area contributed by atoms with E-state index in [-0.39, 0.29) is 26.3 Å². The Morgan fingerprint density at radius 1 is 1.05 bits per heavy atom. The molecule has 0 aliphatic carbocycles. The van der Waals surface area contributed by atoms with Gasteiger partial charge in [-0.05, 0) is 36.4 Å². The van der Waals surface area contributed by atoms with Gasteiger partial charge in [0.25, 0.3) is 10.0 Å². The molecule has 0 radical (unpaired) electrons. The third-order valence-electron chi connectivity index (χ3n) is 2.38. The van der Waals surface area contributed by atoms with E-state index in [1.807, 2.05) is 0 Å². The monoisotopic (exact) mass is 334 g/mol. The van der Waals surface area contributed by atoms with Gasteiger partial charge in [0.15, 0.2) is 0 Å². The Bertz CT molecular complexity index is 746. The molecule has 0 aliphatic rings. The number of anilines is 2. The highest BCUT2D eigenvalue weighted by Gasteiger charge is 2.17. The van der Waals surface area contributed by atoms with Crippen LogP contribution < -0.4 is 10.5 Å². The van der Waals surface area contributed by atoms with Crippen LogP contribution in [0.3, 0.4) is 0 Å². The van der Waals surface area contributed by atoms with Crippen LogP contribution in [0.4, 0.5) is 15.8 Å². The third-order valence-corrected chi connectivity index (χ3v) is 4.17.